The SMILES string of the molecule is Cc1ccc(-c2csc3ncn(C(C)C(=O)Nc4ccc(Oc5ccccc5)cc4)c(=O)c23)cc1C. The van der Waals surface area contributed by atoms with Crippen molar-refractivity contribution in [2.24, 2.45) is 0 Å². The molecule has 2 heterocycles. The van der Waals surface area contributed by atoms with Crippen molar-refractivity contribution in [3.05, 3.63) is 106 Å². The van der Waals surface area contributed by atoms with E-state index in [-0.39, 0.29) is 11.5 Å². The molecule has 0 saturated heterocycles. The van der Waals surface area contributed by atoms with Crippen molar-refractivity contribution in [3.8, 4) is 22.6 Å². The number of fused-ring (bicyclic) bond motifs is 1. The standard InChI is InChI=1S/C29H25N3O3S/c1-18-9-10-21(15-19(18)2)25-16-36-28-26(25)29(34)32(17-30-28)20(3)27(33)31-22-11-13-24(14-12-22)35-23-7-5-4-6-8-23/h4-17,20H,1-3H3,(H,31,33). The molecular weight excluding hydrogens is 470 g/mol. The topological polar surface area (TPSA) is 73.2 Å². The van der Waals surface area contributed by atoms with Gasteiger partial charge < -0.3 is 10.1 Å². The summed E-state index contributed by atoms with van der Waals surface area (Å²) < 4.78 is 7.19. The summed E-state index contributed by atoms with van der Waals surface area (Å²) in [5, 5.41) is 5.37. The lowest BCUT2D eigenvalue weighted by molar-refractivity contribution is -0.118. The molecule has 1 unspecified atom stereocenters. The fraction of sp³-hybridized carbons (Fsp3) is 0.138. The van der Waals surface area contributed by atoms with E-state index in [1.165, 1.54) is 27.8 Å². The van der Waals surface area contributed by atoms with Crippen molar-refractivity contribution in [1.29, 1.82) is 0 Å². The predicted molar refractivity (Wildman–Crippen MR) is 145 cm³/mol. The van der Waals surface area contributed by atoms with Crippen LogP contribution < -0.4 is 15.6 Å². The summed E-state index contributed by atoms with van der Waals surface area (Å²) in [4.78, 5) is 31.6. The van der Waals surface area contributed by atoms with Gasteiger partial charge in [-0.25, -0.2) is 4.98 Å². The predicted octanol–water partition coefficient (Wildman–Crippen LogP) is 6.73. The third-order valence-corrected chi connectivity index (χ3v) is 7.12. The minimum atomic E-state index is -0.748. The van der Waals surface area contributed by atoms with Crippen LogP contribution in [0, 0.1) is 13.8 Å². The van der Waals surface area contributed by atoms with Crippen molar-refractivity contribution < 1.29 is 9.53 Å². The van der Waals surface area contributed by atoms with Gasteiger partial charge in [0.2, 0.25) is 5.91 Å². The summed E-state index contributed by atoms with van der Waals surface area (Å²) >= 11 is 1.43. The second-order valence-electron chi connectivity index (χ2n) is 8.69. The Morgan fingerprint density at radius 1 is 0.972 bits per heavy atom. The van der Waals surface area contributed by atoms with Crippen LogP contribution in [0.5, 0.6) is 11.5 Å². The molecule has 36 heavy (non-hydrogen) atoms. The first-order valence-corrected chi connectivity index (χ1v) is 12.5. The molecule has 0 saturated carbocycles. The van der Waals surface area contributed by atoms with Crippen LogP contribution in [-0.4, -0.2) is 15.5 Å². The highest BCUT2D eigenvalue weighted by atomic mass is 32.1. The lowest BCUT2D eigenvalue weighted by atomic mass is 10.0. The van der Waals surface area contributed by atoms with Gasteiger partial charge in [-0.3, -0.25) is 14.2 Å². The van der Waals surface area contributed by atoms with Crippen molar-refractivity contribution >= 4 is 33.1 Å². The molecule has 7 heteroatoms. The number of rotatable bonds is 6. The van der Waals surface area contributed by atoms with E-state index >= 15 is 0 Å². The maximum absolute atomic E-state index is 13.5. The van der Waals surface area contributed by atoms with Crippen LogP contribution in [0.3, 0.4) is 0 Å². The van der Waals surface area contributed by atoms with E-state index in [0.29, 0.717) is 21.7 Å². The summed E-state index contributed by atoms with van der Waals surface area (Å²) in [7, 11) is 0. The van der Waals surface area contributed by atoms with Crippen LogP contribution in [0.25, 0.3) is 21.3 Å². The smallest absolute Gasteiger partial charge is 0.263 e. The third-order valence-electron chi connectivity index (χ3n) is 6.23. The Labute approximate surface area is 212 Å². The number of carbonyl (C=O) groups is 1. The molecule has 0 aliphatic rings. The molecule has 0 radical (unpaired) electrons. The first-order valence-electron chi connectivity index (χ1n) is 11.6. The average Bonchev–Trinajstić information content (AvgIpc) is 3.32. The van der Waals surface area contributed by atoms with Gasteiger partial charge in [0, 0.05) is 16.6 Å². The molecule has 0 fully saturated rings. The van der Waals surface area contributed by atoms with Gasteiger partial charge in [0.05, 0.1) is 11.7 Å². The van der Waals surface area contributed by atoms with Gasteiger partial charge in [-0.05, 0) is 73.9 Å². The van der Waals surface area contributed by atoms with Crippen molar-refractivity contribution in [2.45, 2.75) is 26.8 Å². The Balaban J connectivity index is 1.37. The number of thiophene rings is 1. The number of aromatic nitrogens is 2. The number of ether oxygens (including phenoxy) is 1. The molecule has 5 aromatic rings. The van der Waals surface area contributed by atoms with Crippen LogP contribution >= 0.6 is 11.3 Å². The Morgan fingerprint density at radius 2 is 1.69 bits per heavy atom. The monoisotopic (exact) mass is 495 g/mol. The molecule has 0 spiro atoms. The number of aryl methyl sites for hydroxylation is 2. The Morgan fingerprint density at radius 3 is 2.42 bits per heavy atom. The molecule has 0 aliphatic carbocycles. The Hall–Kier alpha value is -4.23. The first-order chi connectivity index (χ1) is 17.4. The Bertz CT molecular complexity index is 1610. The summed E-state index contributed by atoms with van der Waals surface area (Å²) in [5.74, 6) is 1.09. The van der Waals surface area contributed by atoms with Crippen LogP contribution in [-0.2, 0) is 4.79 Å². The minimum Gasteiger partial charge on any atom is -0.457 e. The number of para-hydroxylation sites is 1. The number of hydrogen-bond acceptors (Lipinski definition) is 5. The molecule has 6 nitrogen and oxygen atoms in total. The van der Waals surface area contributed by atoms with E-state index in [4.69, 9.17) is 4.74 Å². The zero-order valence-corrected chi connectivity index (χ0v) is 21.0. The fourth-order valence-electron chi connectivity index (χ4n) is 3.95. The number of hydrogen-bond donors (Lipinski definition) is 1. The van der Waals surface area contributed by atoms with E-state index in [0.717, 1.165) is 22.4 Å². The molecule has 3 aromatic carbocycles. The van der Waals surface area contributed by atoms with Gasteiger partial charge in [0.15, 0.2) is 0 Å². The van der Waals surface area contributed by atoms with E-state index in [1.807, 2.05) is 41.8 Å². The van der Waals surface area contributed by atoms with E-state index in [9.17, 15) is 9.59 Å². The highest BCUT2D eigenvalue weighted by molar-refractivity contribution is 7.17. The lowest BCUT2D eigenvalue weighted by Crippen LogP contribution is -2.31. The zero-order valence-electron chi connectivity index (χ0n) is 20.2. The van der Waals surface area contributed by atoms with Crippen LogP contribution in [0.2, 0.25) is 0 Å². The van der Waals surface area contributed by atoms with Gasteiger partial charge in [-0.1, -0.05) is 36.4 Å². The summed E-state index contributed by atoms with van der Waals surface area (Å²) in [6.07, 6.45) is 1.45. The van der Waals surface area contributed by atoms with Crippen molar-refractivity contribution in [1.82, 2.24) is 9.55 Å². The van der Waals surface area contributed by atoms with Gasteiger partial charge >= 0.3 is 0 Å². The quantitative estimate of drug-likeness (QED) is 0.283. The number of benzene rings is 3. The summed E-state index contributed by atoms with van der Waals surface area (Å²) in [6, 6.07) is 22.0. The number of anilines is 1. The van der Waals surface area contributed by atoms with Crippen LogP contribution in [0.15, 0.2) is 89.3 Å². The molecule has 5 rings (SSSR count). The molecule has 1 amide bonds. The maximum Gasteiger partial charge on any atom is 0.263 e. The van der Waals surface area contributed by atoms with E-state index < -0.39 is 6.04 Å². The van der Waals surface area contributed by atoms with Crippen molar-refractivity contribution in [2.75, 3.05) is 5.32 Å². The fourth-order valence-corrected chi connectivity index (χ4v) is 4.85. The third kappa shape index (κ3) is 4.65. The second kappa shape index (κ2) is 9.79. The number of nitrogens with zero attached hydrogens (tertiary/aromatic N) is 2. The van der Waals surface area contributed by atoms with Gasteiger partial charge in [-0.15, -0.1) is 11.3 Å². The van der Waals surface area contributed by atoms with Gasteiger partial charge in [0.25, 0.3) is 5.56 Å². The normalized spacial score (nSPS) is 11.9. The molecule has 1 N–H and O–H groups in total. The molecule has 2 aromatic heterocycles. The highest BCUT2D eigenvalue weighted by Gasteiger charge is 2.20. The second-order valence-corrected chi connectivity index (χ2v) is 9.55. The van der Waals surface area contributed by atoms with Crippen LogP contribution in [0.4, 0.5) is 5.69 Å². The van der Waals surface area contributed by atoms with Crippen LogP contribution in [0.1, 0.15) is 24.1 Å². The number of nitrogens with one attached hydrogen (secondary N) is 1. The average molecular weight is 496 g/mol. The van der Waals surface area contributed by atoms with Crippen molar-refractivity contribution in [3.63, 3.8) is 0 Å². The maximum atomic E-state index is 13.5. The molecule has 180 valence electrons. The lowest BCUT2D eigenvalue weighted by Gasteiger charge is -2.15. The van der Waals surface area contributed by atoms with Gasteiger partial charge in [0.1, 0.15) is 22.4 Å². The van der Waals surface area contributed by atoms with E-state index in [1.54, 1.807) is 31.2 Å². The number of amides is 1. The molecule has 0 bridgehead atoms. The van der Waals surface area contributed by atoms with E-state index in [2.05, 4.69) is 36.3 Å². The number of carbonyl (C=O) groups excluding carboxylic acids is 1. The van der Waals surface area contributed by atoms with Gasteiger partial charge in [-0.2, -0.15) is 0 Å². The zero-order chi connectivity index (χ0) is 25.2. The minimum absolute atomic E-state index is 0.233. The molecule has 1 atom stereocenters. The largest absolute Gasteiger partial charge is 0.457 e. The molecule has 0 aliphatic heterocycles. The molecular formula is C29H25N3O3S. The highest BCUT2D eigenvalue weighted by Crippen LogP contribution is 2.32. The Kier molecular flexibility index (Phi) is 6.40. The summed E-state index contributed by atoms with van der Waals surface area (Å²) in [6.45, 7) is 5.80. The summed E-state index contributed by atoms with van der Waals surface area (Å²) in [5.41, 5.74) is 4.54. The first kappa shape index (κ1) is 23.5.